The lowest BCUT2D eigenvalue weighted by atomic mass is 10.1. The predicted octanol–water partition coefficient (Wildman–Crippen LogP) is 4.58. The van der Waals surface area contributed by atoms with Crippen molar-refractivity contribution in [1.82, 2.24) is 24.7 Å². The van der Waals surface area contributed by atoms with E-state index in [1.165, 1.54) is 0 Å². The van der Waals surface area contributed by atoms with Crippen molar-refractivity contribution in [1.29, 1.82) is 0 Å². The topological polar surface area (TPSA) is 85.7 Å². The second-order valence-electron chi connectivity index (χ2n) is 7.19. The van der Waals surface area contributed by atoms with E-state index in [1.807, 2.05) is 49.6 Å². The summed E-state index contributed by atoms with van der Waals surface area (Å²) < 4.78 is 7.72. The van der Waals surface area contributed by atoms with E-state index in [9.17, 15) is 4.79 Å². The van der Waals surface area contributed by atoms with Crippen molar-refractivity contribution in [3.05, 3.63) is 90.6 Å². The van der Waals surface area contributed by atoms with Crippen LogP contribution in [-0.2, 0) is 13.5 Å². The van der Waals surface area contributed by atoms with Gasteiger partial charge in [-0.1, -0.05) is 12.1 Å². The van der Waals surface area contributed by atoms with Crippen LogP contribution in [0.5, 0.6) is 11.6 Å². The number of Topliss-reactive ketones (excluding diaryl/α,β-unsaturated/α-hetero) is 1. The van der Waals surface area contributed by atoms with Crippen LogP contribution in [0, 0.1) is 0 Å². The first-order valence-corrected chi connectivity index (χ1v) is 9.84. The molecule has 3 heterocycles. The number of aromatic amines is 1. The molecule has 7 nitrogen and oxygen atoms in total. The number of aryl methyl sites for hydroxylation is 1. The summed E-state index contributed by atoms with van der Waals surface area (Å²) in [5, 5.41) is 4.21. The smallest absolute Gasteiger partial charge is 0.227 e. The number of ether oxygens (including phenoxy) is 1. The molecule has 0 aliphatic rings. The van der Waals surface area contributed by atoms with Crippen LogP contribution in [0.15, 0.2) is 79.3 Å². The molecule has 0 aliphatic carbocycles. The highest BCUT2D eigenvalue weighted by Gasteiger charge is 2.13. The average molecular weight is 409 g/mol. The Kier molecular flexibility index (Phi) is 4.76. The molecule has 7 heteroatoms. The van der Waals surface area contributed by atoms with E-state index in [0.29, 0.717) is 23.0 Å². The standard InChI is InChI=1S/C24H19N5O2/c1-29-15-17(14-26-29)19-5-4-12-25-24(19)31-18-10-8-16(9-11-18)22(30)13-23-27-20-6-2-3-7-21(20)28-23/h2-12,14-15H,13H2,1H3,(H,27,28). The number of nitrogens with one attached hydrogen (secondary N) is 1. The first-order chi connectivity index (χ1) is 15.2. The van der Waals surface area contributed by atoms with E-state index < -0.39 is 0 Å². The number of rotatable bonds is 6. The van der Waals surface area contributed by atoms with Gasteiger partial charge in [0.15, 0.2) is 5.78 Å². The minimum atomic E-state index is -0.0144. The highest BCUT2D eigenvalue weighted by atomic mass is 16.5. The van der Waals surface area contributed by atoms with E-state index in [1.54, 1.807) is 41.3 Å². The van der Waals surface area contributed by atoms with Crippen LogP contribution in [0.25, 0.3) is 22.2 Å². The van der Waals surface area contributed by atoms with Gasteiger partial charge < -0.3 is 9.72 Å². The summed E-state index contributed by atoms with van der Waals surface area (Å²) in [6.07, 6.45) is 5.56. The number of benzene rings is 2. The van der Waals surface area contributed by atoms with Crippen LogP contribution in [0.4, 0.5) is 0 Å². The number of pyridine rings is 1. The SMILES string of the molecule is Cn1cc(-c2cccnc2Oc2ccc(C(=O)Cc3nc4ccccc4[nH]3)cc2)cn1. The van der Waals surface area contributed by atoms with Gasteiger partial charge in [-0.15, -0.1) is 0 Å². The molecule has 0 atom stereocenters. The van der Waals surface area contributed by atoms with Gasteiger partial charge in [0.1, 0.15) is 11.6 Å². The lowest BCUT2D eigenvalue weighted by molar-refractivity contribution is 0.0991. The molecule has 0 radical (unpaired) electrons. The van der Waals surface area contributed by atoms with E-state index in [-0.39, 0.29) is 12.2 Å². The maximum absolute atomic E-state index is 12.7. The largest absolute Gasteiger partial charge is 0.438 e. The summed E-state index contributed by atoms with van der Waals surface area (Å²) in [6, 6.07) is 18.6. The van der Waals surface area contributed by atoms with Crippen LogP contribution in [0.2, 0.25) is 0 Å². The summed E-state index contributed by atoms with van der Waals surface area (Å²) in [4.78, 5) is 24.7. The molecular weight excluding hydrogens is 390 g/mol. The lowest BCUT2D eigenvalue weighted by Gasteiger charge is -2.09. The molecule has 3 aromatic heterocycles. The predicted molar refractivity (Wildman–Crippen MR) is 117 cm³/mol. The normalized spacial score (nSPS) is 11.0. The van der Waals surface area contributed by atoms with Crippen molar-refractivity contribution in [2.45, 2.75) is 6.42 Å². The minimum Gasteiger partial charge on any atom is -0.438 e. The Morgan fingerprint density at radius 2 is 1.90 bits per heavy atom. The first-order valence-electron chi connectivity index (χ1n) is 9.84. The molecule has 5 rings (SSSR count). The number of hydrogen-bond donors (Lipinski definition) is 1. The van der Waals surface area contributed by atoms with E-state index in [4.69, 9.17) is 4.74 Å². The highest BCUT2D eigenvalue weighted by molar-refractivity contribution is 5.97. The Morgan fingerprint density at radius 1 is 1.06 bits per heavy atom. The fraction of sp³-hybridized carbons (Fsp3) is 0.0833. The van der Waals surface area contributed by atoms with Crippen molar-refractivity contribution in [2.24, 2.45) is 7.05 Å². The van der Waals surface area contributed by atoms with Crippen molar-refractivity contribution in [2.75, 3.05) is 0 Å². The molecule has 0 saturated carbocycles. The number of imidazole rings is 1. The summed E-state index contributed by atoms with van der Waals surface area (Å²) in [6.45, 7) is 0. The molecule has 0 amide bonds. The van der Waals surface area contributed by atoms with Crippen molar-refractivity contribution < 1.29 is 9.53 Å². The zero-order valence-corrected chi connectivity index (χ0v) is 16.8. The summed E-state index contributed by atoms with van der Waals surface area (Å²) in [7, 11) is 1.86. The number of hydrogen-bond acceptors (Lipinski definition) is 5. The third-order valence-corrected chi connectivity index (χ3v) is 4.94. The van der Waals surface area contributed by atoms with Gasteiger partial charge in [-0.2, -0.15) is 5.10 Å². The summed E-state index contributed by atoms with van der Waals surface area (Å²) >= 11 is 0. The van der Waals surface area contributed by atoms with Crippen LogP contribution in [0.3, 0.4) is 0 Å². The number of aromatic nitrogens is 5. The van der Waals surface area contributed by atoms with Crippen LogP contribution < -0.4 is 4.74 Å². The molecule has 0 aliphatic heterocycles. The van der Waals surface area contributed by atoms with E-state index in [0.717, 1.165) is 22.2 Å². The van der Waals surface area contributed by atoms with Gasteiger partial charge in [-0.3, -0.25) is 9.48 Å². The molecule has 0 spiro atoms. The zero-order valence-electron chi connectivity index (χ0n) is 16.8. The molecule has 0 unspecified atom stereocenters. The van der Waals surface area contributed by atoms with Crippen LogP contribution in [-0.4, -0.2) is 30.5 Å². The molecular formula is C24H19N5O2. The summed E-state index contributed by atoms with van der Waals surface area (Å²) in [5.41, 5.74) is 4.15. The van der Waals surface area contributed by atoms with Gasteiger partial charge in [-0.05, 0) is 48.5 Å². The molecule has 0 bridgehead atoms. The molecule has 2 aromatic carbocycles. The molecule has 31 heavy (non-hydrogen) atoms. The fourth-order valence-electron chi connectivity index (χ4n) is 3.42. The van der Waals surface area contributed by atoms with E-state index in [2.05, 4.69) is 20.1 Å². The Balaban J connectivity index is 1.32. The third-order valence-electron chi connectivity index (χ3n) is 4.94. The second kappa shape index (κ2) is 7.87. The number of carbonyl (C=O) groups is 1. The lowest BCUT2D eigenvalue weighted by Crippen LogP contribution is -2.04. The number of carbonyl (C=O) groups excluding carboxylic acids is 1. The number of ketones is 1. The van der Waals surface area contributed by atoms with Crippen molar-refractivity contribution in [3.8, 4) is 22.8 Å². The monoisotopic (exact) mass is 409 g/mol. The zero-order chi connectivity index (χ0) is 21.2. The number of nitrogens with zero attached hydrogens (tertiary/aromatic N) is 4. The quantitative estimate of drug-likeness (QED) is 0.415. The maximum Gasteiger partial charge on any atom is 0.227 e. The molecule has 0 fully saturated rings. The third kappa shape index (κ3) is 3.93. The van der Waals surface area contributed by atoms with Crippen LogP contribution in [0.1, 0.15) is 16.2 Å². The van der Waals surface area contributed by atoms with Gasteiger partial charge in [0.05, 0.1) is 23.7 Å². The number of H-pyrrole nitrogens is 1. The minimum absolute atomic E-state index is 0.0144. The maximum atomic E-state index is 12.7. The van der Waals surface area contributed by atoms with Gasteiger partial charge in [-0.25, -0.2) is 9.97 Å². The Labute approximate surface area is 178 Å². The molecule has 152 valence electrons. The molecule has 0 saturated heterocycles. The van der Waals surface area contributed by atoms with Crippen molar-refractivity contribution >= 4 is 16.8 Å². The fourth-order valence-corrected chi connectivity index (χ4v) is 3.42. The molecule has 1 N–H and O–H groups in total. The van der Waals surface area contributed by atoms with Gasteiger partial charge >= 0.3 is 0 Å². The Bertz CT molecular complexity index is 1340. The molecule has 5 aromatic rings. The van der Waals surface area contributed by atoms with Gasteiger partial charge in [0.25, 0.3) is 0 Å². The van der Waals surface area contributed by atoms with Crippen molar-refractivity contribution in [3.63, 3.8) is 0 Å². The Hall–Kier alpha value is -4.26. The highest BCUT2D eigenvalue weighted by Crippen LogP contribution is 2.31. The number of fused-ring (bicyclic) bond motifs is 1. The number of para-hydroxylation sites is 2. The second-order valence-corrected chi connectivity index (χ2v) is 7.19. The average Bonchev–Trinajstić information content (AvgIpc) is 3.40. The summed E-state index contributed by atoms with van der Waals surface area (Å²) in [5.74, 6) is 1.72. The first kappa shape index (κ1) is 18.7. The van der Waals surface area contributed by atoms with Crippen LogP contribution >= 0.6 is 0 Å². The Morgan fingerprint density at radius 3 is 2.68 bits per heavy atom. The van der Waals surface area contributed by atoms with Gasteiger partial charge in [0.2, 0.25) is 5.88 Å². The van der Waals surface area contributed by atoms with Gasteiger partial charge in [0, 0.05) is 36.1 Å². The van der Waals surface area contributed by atoms with E-state index >= 15 is 0 Å².